The maximum absolute atomic E-state index is 13.2. The lowest BCUT2D eigenvalue weighted by Crippen LogP contribution is -2.20. The first-order valence-electron chi connectivity index (χ1n) is 10.4. The van der Waals surface area contributed by atoms with Crippen LogP contribution in [-0.2, 0) is 9.59 Å². The fraction of sp³-hybridized carbons (Fsp3) is 0.0385. The van der Waals surface area contributed by atoms with Gasteiger partial charge in [0.25, 0.3) is 17.4 Å². The maximum Gasteiger partial charge on any atom is 0.300 e. The van der Waals surface area contributed by atoms with Crippen LogP contribution in [0.1, 0.15) is 12.5 Å². The Morgan fingerprint density at radius 1 is 1.11 bits per heavy atom. The molecule has 2 aromatic heterocycles. The number of carbonyl (C=O) groups is 2. The SMILES string of the molecule is CC(=O)O.N#C/C(=C/c1c(Oc2ccccc2)nc2ccccn2c1=O)C(=O)Nc1cccc(Cl)c1. The van der Waals surface area contributed by atoms with Crippen LogP contribution in [0.2, 0.25) is 5.02 Å². The predicted octanol–water partition coefficient (Wildman–Crippen LogP) is 4.78. The minimum atomic E-state index is -0.833. The van der Waals surface area contributed by atoms with Crippen molar-refractivity contribution in [1.82, 2.24) is 9.38 Å². The zero-order valence-corrected chi connectivity index (χ0v) is 19.6. The van der Waals surface area contributed by atoms with Gasteiger partial charge >= 0.3 is 0 Å². The molecule has 4 aromatic rings. The summed E-state index contributed by atoms with van der Waals surface area (Å²) in [5, 5.41) is 20.0. The second kappa shape index (κ2) is 12.0. The van der Waals surface area contributed by atoms with Crippen LogP contribution in [0.25, 0.3) is 11.7 Å². The summed E-state index contributed by atoms with van der Waals surface area (Å²) in [6.45, 7) is 1.08. The molecular formula is C26H19ClN4O5. The smallest absolute Gasteiger partial charge is 0.300 e. The number of ether oxygens (including phenoxy) is 1. The number of amides is 1. The fourth-order valence-electron chi connectivity index (χ4n) is 2.94. The van der Waals surface area contributed by atoms with E-state index in [1.54, 1.807) is 72.9 Å². The number of carboxylic acid groups (broad SMARTS) is 1. The van der Waals surface area contributed by atoms with Gasteiger partial charge in [0, 0.05) is 23.8 Å². The molecule has 4 rings (SSSR count). The van der Waals surface area contributed by atoms with Gasteiger partial charge in [-0.25, -0.2) is 0 Å². The van der Waals surface area contributed by atoms with Gasteiger partial charge in [-0.2, -0.15) is 10.2 Å². The summed E-state index contributed by atoms with van der Waals surface area (Å²) in [4.78, 5) is 39.3. The van der Waals surface area contributed by atoms with Crippen LogP contribution in [0.5, 0.6) is 11.6 Å². The summed E-state index contributed by atoms with van der Waals surface area (Å²) < 4.78 is 7.14. The Morgan fingerprint density at radius 3 is 2.47 bits per heavy atom. The highest BCUT2D eigenvalue weighted by Crippen LogP contribution is 2.24. The van der Waals surface area contributed by atoms with Crippen LogP contribution in [-0.4, -0.2) is 26.4 Å². The molecule has 0 unspecified atom stereocenters. The number of carbonyl (C=O) groups excluding carboxylic acids is 1. The van der Waals surface area contributed by atoms with E-state index in [1.807, 2.05) is 12.1 Å². The van der Waals surface area contributed by atoms with Gasteiger partial charge in [-0.15, -0.1) is 0 Å². The number of aromatic nitrogens is 2. The molecule has 0 saturated heterocycles. The molecule has 0 aliphatic carbocycles. The van der Waals surface area contributed by atoms with E-state index in [9.17, 15) is 14.9 Å². The van der Waals surface area contributed by atoms with E-state index in [1.165, 1.54) is 10.5 Å². The monoisotopic (exact) mass is 502 g/mol. The number of carboxylic acids is 1. The summed E-state index contributed by atoms with van der Waals surface area (Å²) in [6, 6.07) is 22.2. The van der Waals surface area contributed by atoms with Crippen molar-refractivity contribution in [3.05, 3.63) is 106 Å². The second-order valence-corrected chi connectivity index (χ2v) is 7.57. The van der Waals surface area contributed by atoms with Crippen LogP contribution >= 0.6 is 11.6 Å². The third kappa shape index (κ3) is 6.79. The van der Waals surface area contributed by atoms with Gasteiger partial charge in [0.15, 0.2) is 0 Å². The molecule has 1 amide bonds. The van der Waals surface area contributed by atoms with Crippen molar-refractivity contribution in [3.63, 3.8) is 0 Å². The Balaban J connectivity index is 0.000000840. The number of para-hydroxylation sites is 1. The third-order valence-corrected chi connectivity index (χ3v) is 4.66. The Bertz CT molecular complexity index is 1540. The zero-order chi connectivity index (χ0) is 26.1. The van der Waals surface area contributed by atoms with Crippen LogP contribution in [0.3, 0.4) is 0 Å². The molecule has 0 aliphatic heterocycles. The number of nitrogens with zero attached hydrogens (tertiary/aromatic N) is 3. The van der Waals surface area contributed by atoms with Gasteiger partial charge in [0.2, 0.25) is 5.88 Å². The molecule has 0 bridgehead atoms. The van der Waals surface area contributed by atoms with Crippen molar-refractivity contribution in [2.75, 3.05) is 5.32 Å². The Hall–Kier alpha value is -4.94. The molecule has 2 heterocycles. The highest BCUT2D eigenvalue weighted by molar-refractivity contribution is 6.31. The molecule has 9 nitrogen and oxygen atoms in total. The standard InChI is InChI=1S/C24H15ClN4O3.C2H4O2/c25-17-7-6-8-18(14-17)27-22(30)16(15-26)13-20-23(32-19-9-2-1-3-10-19)28-21-11-4-5-12-29(21)24(20)31;1-2(3)4/h1-14H,(H,27,30);1H3,(H,3,4)/b16-13-;. The van der Waals surface area contributed by atoms with Crippen molar-refractivity contribution in [1.29, 1.82) is 5.26 Å². The molecule has 0 spiro atoms. The maximum atomic E-state index is 13.2. The molecule has 2 N–H and O–H groups in total. The number of hydrogen-bond donors (Lipinski definition) is 2. The Morgan fingerprint density at radius 2 is 1.81 bits per heavy atom. The molecule has 0 atom stereocenters. The van der Waals surface area contributed by atoms with Crippen molar-refractivity contribution < 1.29 is 19.4 Å². The topological polar surface area (TPSA) is 134 Å². The van der Waals surface area contributed by atoms with Gasteiger partial charge in [-0.3, -0.25) is 18.8 Å². The molecule has 0 saturated carbocycles. The molecule has 10 heteroatoms. The normalized spacial score (nSPS) is 10.5. The first-order valence-corrected chi connectivity index (χ1v) is 10.8. The predicted molar refractivity (Wildman–Crippen MR) is 135 cm³/mol. The number of nitrogens with one attached hydrogen (secondary N) is 1. The van der Waals surface area contributed by atoms with Crippen molar-refractivity contribution in [2.45, 2.75) is 6.92 Å². The number of pyridine rings is 1. The summed E-state index contributed by atoms with van der Waals surface area (Å²) in [5.41, 5.74) is -0.0295. The Labute approximate surface area is 210 Å². The summed E-state index contributed by atoms with van der Waals surface area (Å²) >= 11 is 5.95. The molecule has 180 valence electrons. The number of anilines is 1. The number of aliphatic carboxylic acids is 1. The van der Waals surface area contributed by atoms with Crippen LogP contribution in [0.15, 0.2) is 89.4 Å². The van der Waals surface area contributed by atoms with E-state index in [-0.39, 0.29) is 17.0 Å². The minimum Gasteiger partial charge on any atom is -0.481 e. The number of halogens is 1. The van der Waals surface area contributed by atoms with Crippen LogP contribution in [0.4, 0.5) is 5.69 Å². The summed E-state index contributed by atoms with van der Waals surface area (Å²) in [6.07, 6.45) is 2.72. The average Bonchev–Trinajstić information content (AvgIpc) is 2.84. The molecule has 36 heavy (non-hydrogen) atoms. The van der Waals surface area contributed by atoms with Crippen molar-refractivity contribution in [2.24, 2.45) is 0 Å². The first-order chi connectivity index (χ1) is 17.3. The van der Waals surface area contributed by atoms with E-state index in [4.69, 9.17) is 26.2 Å². The summed E-state index contributed by atoms with van der Waals surface area (Å²) in [7, 11) is 0. The Kier molecular flexibility index (Phi) is 8.54. The number of hydrogen-bond acceptors (Lipinski definition) is 6. The molecule has 0 aliphatic rings. The lowest BCUT2D eigenvalue weighted by atomic mass is 10.1. The largest absolute Gasteiger partial charge is 0.481 e. The quantitative estimate of drug-likeness (QED) is 0.296. The second-order valence-electron chi connectivity index (χ2n) is 7.13. The van der Waals surface area contributed by atoms with E-state index < -0.39 is 17.4 Å². The van der Waals surface area contributed by atoms with Gasteiger partial charge in [0.1, 0.15) is 28.6 Å². The third-order valence-electron chi connectivity index (χ3n) is 4.43. The van der Waals surface area contributed by atoms with E-state index >= 15 is 0 Å². The highest BCUT2D eigenvalue weighted by atomic mass is 35.5. The minimum absolute atomic E-state index is 0.0179. The van der Waals surface area contributed by atoms with Crippen LogP contribution in [0, 0.1) is 11.3 Å². The van der Waals surface area contributed by atoms with Crippen molar-refractivity contribution >= 4 is 40.9 Å². The first kappa shape index (κ1) is 25.7. The molecule has 0 radical (unpaired) electrons. The average molecular weight is 503 g/mol. The molecule has 0 fully saturated rings. The van der Waals surface area contributed by atoms with Gasteiger partial charge in [0.05, 0.1) is 0 Å². The van der Waals surface area contributed by atoms with Crippen molar-refractivity contribution in [3.8, 4) is 17.7 Å². The summed E-state index contributed by atoms with van der Waals surface area (Å²) in [5.74, 6) is -1.09. The molecular weight excluding hydrogens is 484 g/mol. The van der Waals surface area contributed by atoms with Gasteiger partial charge in [-0.05, 0) is 48.5 Å². The number of nitriles is 1. The highest BCUT2D eigenvalue weighted by Gasteiger charge is 2.17. The van der Waals surface area contributed by atoms with Gasteiger partial charge in [-0.1, -0.05) is 41.9 Å². The fourth-order valence-corrected chi connectivity index (χ4v) is 3.13. The van der Waals surface area contributed by atoms with Crippen LogP contribution < -0.4 is 15.6 Å². The van der Waals surface area contributed by atoms with E-state index in [2.05, 4.69) is 10.3 Å². The van der Waals surface area contributed by atoms with Gasteiger partial charge < -0.3 is 15.2 Å². The number of benzene rings is 2. The number of rotatable bonds is 5. The lowest BCUT2D eigenvalue weighted by Gasteiger charge is -2.10. The van der Waals surface area contributed by atoms with E-state index in [0.29, 0.717) is 22.1 Å². The molecule has 2 aromatic carbocycles. The number of fused-ring (bicyclic) bond motifs is 1. The van der Waals surface area contributed by atoms with E-state index in [0.717, 1.165) is 6.92 Å². The lowest BCUT2D eigenvalue weighted by molar-refractivity contribution is -0.134. The zero-order valence-electron chi connectivity index (χ0n) is 18.9.